The Labute approximate surface area is 254 Å². The third-order valence-electron chi connectivity index (χ3n) is 5.87. The number of aryl methyl sites for hydroxylation is 1. The zero-order valence-electron chi connectivity index (χ0n) is 25.5. The summed E-state index contributed by atoms with van der Waals surface area (Å²) in [5.41, 5.74) is -0.441. The molecule has 0 radical (unpaired) electrons. The number of carbonyl (C=O) groups excluding carboxylic acids is 3. The van der Waals surface area contributed by atoms with Gasteiger partial charge in [0.1, 0.15) is 11.3 Å². The number of hydrogen-bond acceptors (Lipinski definition) is 13. The summed E-state index contributed by atoms with van der Waals surface area (Å²) in [6.07, 6.45) is -6.78. The molecule has 1 saturated heterocycles. The van der Waals surface area contributed by atoms with Gasteiger partial charge in [-0.25, -0.2) is 19.2 Å². The van der Waals surface area contributed by atoms with Gasteiger partial charge in [-0.3, -0.25) is 0 Å². The first kappa shape index (κ1) is 33.9. The summed E-state index contributed by atoms with van der Waals surface area (Å²) in [4.78, 5) is 49.9. The van der Waals surface area contributed by atoms with Crippen molar-refractivity contribution in [3.05, 3.63) is 40.2 Å². The average Bonchev–Trinajstić information content (AvgIpc) is 2.92. The maximum absolute atomic E-state index is 12.8. The Kier molecular flexibility index (Phi) is 12.4. The Bertz CT molecular complexity index is 1300. The van der Waals surface area contributed by atoms with Crippen molar-refractivity contribution in [2.24, 2.45) is 17.8 Å². The van der Waals surface area contributed by atoms with Gasteiger partial charge < -0.3 is 37.6 Å². The minimum atomic E-state index is -1.34. The zero-order chi connectivity index (χ0) is 31.7. The maximum Gasteiger partial charge on any atom is 0.508 e. The fourth-order valence-electron chi connectivity index (χ4n) is 3.88. The van der Waals surface area contributed by atoms with Gasteiger partial charge in [-0.05, 0) is 42.4 Å². The lowest BCUT2D eigenvalue weighted by Crippen LogP contribution is -2.56. The van der Waals surface area contributed by atoms with Gasteiger partial charge in [-0.15, -0.1) is 11.8 Å². The lowest BCUT2D eigenvalue weighted by Gasteiger charge is -2.39. The molecule has 1 aliphatic rings. The number of carbonyl (C=O) groups is 3. The monoisotopic (exact) mass is 624 g/mol. The van der Waals surface area contributed by atoms with E-state index in [2.05, 4.69) is 0 Å². The lowest BCUT2D eigenvalue weighted by atomic mass is 10.1. The van der Waals surface area contributed by atoms with E-state index in [4.69, 9.17) is 37.6 Å². The number of ether oxygens (including phenoxy) is 7. The highest BCUT2D eigenvalue weighted by Gasteiger charge is 2.49. The molecule has 1 aromatic heterocycles. The van der Waals surface area contributed by atoms with Crippen molar-refractivity contribution in [2.75, 3.05) is 25.6 Å². The van der Waals surface area contributed by atoms with Crippen LogP contribution in [0.1, 0.15) is 47.1 Å². The van der Waals surface area contributed by atoms with E-state index in [9.17, 15) is 19.2 Å². The molecule has 12 nitrogen and oxygen atoms in total. The standard InChI is InChI=1S/C30H40O12S/c1-16(2)12-35-28(32)40-23-15-43-27(38-20-8-9-21-19(7)10-24(31)39-22(21)11-20)26(42-30(34)37-14-18(5)6)25(23)41-29(33)36-13-17(3)4/h8-11,16-18,23,25-27H,12-15H2,1-7H3/t23-,25+,26-,27+/m1/s1. The number of hydrogen-bond donors (Lipinski definition) is 0. The summed E-state index contributed by atoms with van der Waals surface area (Å²) in [7, 11) is 0. The van der Waals surface area contributed by atoms with Crippen LogP contribution in [0, 0.1) is 24.7 Å². The molecule has 238 valence electrons. The second-order valence-corrected chi connectivity index (χ2v) is 12.5. The molecule has 3 rings (SSSR count). The van der Waals surface area contributed by atoms with Crippen LogP contribution in [0.4, 0.5) is 14.4 Å². The van der Waals surface area contributed by atoms with E-state index in [1.54, 1.807) is 19.1 Å². The number of rotatable bonds is 11. The molecule has 0 saturated carbocycles. The first-order valence-corrected chi connectivity index (χ1v) is 15.2. The largest absolute Gasteiger partial charge is 0.508 e. The molecule has 0 bridgehead atoms. The summed E-state index contributed by atoms with van der Waals surface area (Å²) >= 11 is 1.16. The van der Waals surface area contributed by atoms with Gasteiger partial charge in [-0.2, -0.15) is 0 Å². The Morgan fingerprint density at radius 2 is 1.35 bits per heavy atom. The van der Waals surface area contributed by atoms with Crippen LogP contribution in [0.3, 0.4) is 0 Å². The highest BCUT2D eigenvalue weighted by molar-refractivity contribution is 7.99. The van der Waals surface area contributed by atoms with Crippen LogP contribution in [0.2, 0.25) is 0 Å². The first-order valence-electron chi connectivity index (χ1n) is 14.1. The van der Waals surface area contributed by atoms with Crippen molar-refractivity contribution < 1.29 is 52.0 Å². The molecule has 0 unspecified atom stereocenters. The highest BCUT2D eigenvalue weighted by Crippen LogP contribution is 2.35. The van der Waals surface area contributed by atoms with Crippen molar-refractivity contribution in [3.63, 3.8) is 0 Å². The Morgan fingerprint density at radius 1 is 0.814 bits per heavy atom. The van der Waals surface area contributed by atoms with Crippen LogP contribution in [0.5, 0.6) is 5.75 Å². The molecule has 0 N–H and O–H groups in total. The number of fused-ring (bicyclic) bond motifs is 1. The Balaban J connectivity index is 1.92. The van der Waals surface area contributed by atoms with Crippen molar-refractivity contribution in [3.8, 4) is 5.75 Å². The minimum absolute atomic E-state index is 0.0262. The van der Waals surface area contributed by atoms with Gasteiger partial charge >= 0.3 is 24.1 Å². The van der Waals surface area contributed by atoms with Crippen LogP contribution in [-0.2, 0) is 28.4 Å². The number of thioether (sulfide) groups is 1. The van der Waals surface area contributed by atoms with Crippen molar-refractivity contribution in [2.45, 2.75) is 72.2 Å². The molecule has 0 amide bonds. The molecular weight excluding hydrogens is 584 g/mol. The average molecular weight is 625 g/mol. The van der Waals surface area contributed by atoms with Crippen molar-refractivity contribution >= 4 is 41.2 Å². The molecule has 2 aromatic rings. The molecule has 1 aromatic carbocycles. The Hall–Kier alpha value is -3.61. The zero-order valence-corrected chi connectivity index (χ0v) is 26.3. The topological polar surface area (TPSA) is 146 Å². The van der Waals surface area contributed by atoms with Gasteiger partial charge in [0, 0.05) is 23.3 Å². The van der Waals surface area contributed by atoms with Gasteiger partial charge in [0.2, 0.25) is 0 Å². The Morgan fingerprint density at radius 3 is 1.91 bits per heavy atom. The van der Waals surface area contributed by atoms with E-state index >= 15 is 0 Å². The normalized spacial score (nSPS) is 20.1. The smallest absolute Gasteiger partial charge is 0.476 e. The maximum atomic E-state index is 12.8. The summed E-state index contributed by atoms with van der Waals surface area (Å²) < 4.78 is 43.9. The molecule has 4 atom stereocenters. The summed E-state index contributed by atoms with van der Waals surface area (Å²) in [5.74, 6) is 0.497. The lowest BCUT2D eigenvalue weighted by molar-refractivity contribution is -0.122. The summed E-state index contributed by atoms with van der Waals surface area (Å²) in [6.45, 7) is 13.2. The van der Waals surface area contributed by atoms with E-state index in [-0.39, 0.29) is 43.3 Å². The fraction of sp³-hybridized carbons (Fsp3) is 0.600. The van der Waals surface area contributed by atoms with Crippen LogP contribution in [-0.4, -0.2) is 67.8 Å². The van der Waals surface area contributed by atoms with E-state index < -0.39 is 47.8 Å². The van der Waals surface area contributed by atoms with Crippen LogP contribution in [0.25, 0.3) is 11.0 Å². The van der Waals surface area contributed by atoms with Gasteiger partial charge in [0.25, 0.3) is 0 Å². The van der Waals surface area contributed by atoms with Crippen LogP contribution < -0.4 is 10.4 Å². The first-order chi connectivity index (χ1) is 20.3. The highest BCUT2D eigenvalue weighted by atomic mass is 32.2. The second-order valence-electron chi connectivity index (χ2n) is 11.4. The molecule has 13 heteroatoms. The van der Waals surface area contributed by atoms with Crippen LogP contribution >= 0.6 is 11.8 Å². The predicted molar refractivity (Wildman–Crippen MR) is 157 cm³/mol. The van der Waals surface area contributed by atoms with Crippen molar-refractivity contribution in [1.29, 1.82) is 0 Å². The molecule has 0 spiro atoms. The third kappa shape index (κ3) is 10.6. The molecule has 1 aliphatic heterocycles. The van der Waals surface area contributed by atoms with Gasteiger partial charge in [0.05, 0.1) is 19.8 Å². The quantitative estimate of drug-likeness (QED) is 0.162. The molecule has 43 heavy (non-hydrogen) atoms. The van der Waals surface area contributed by atoms with E-state index in [0.29, 0.717) is 11.3 Å². The minimum Gasteiger partial charge on any atom is -0.476 e. The molecule has 1 fully saturated rings. The van der Waals surface area contributed by atoms with E-state index in [1.165, 1.54) is 12.1 Å². The van der Waals surface area contributed by atoms with E-state index in [0.717, 1.165) is 22.7 Å². The molecule has 0 aliphatic carbocycles. The molecule has 2 heterocycles. The van der Waals surface area contributed by atoms with E-state index in [1.807, 2.05) is 41.5 Å². The van der Waals surface area contributed by atoms with Crippen molar-refractivity contribution in [1.82, 2.24) is 0 Å². The summed E-state index contributed by atoms with van der Waals surface area (Å²) in [6, 6.07) is 6.33. The van der Waals surface area contributed by atoms with Gasteiger partial charge in [0.15, 0.2) is 23.7 Å². The van der Waals surface area contributed by atoms with Gasteiger partial charge in [-0.1, -0.05) is 41.5 Å². The third-order valence-corrected chi connectivity index (χ3v) is 7.09. The SMILES string of the molecule is Cc1cc(=O)oc2cc(O[C@H]3SC[C@@H](OC(=O)OCC(C)C)[C@H](OC(=O)OCC(C)C)[C@H]3OC(=O)OCC(C)C)ccc12. The predicted octanol–water partition coefficient (Wildman–Crippen LogP) is 6.09. The second kappa shape index (κ2) is 15.7. The summed E-state index contributed by atoms with van der Waals surface area (Å²) in [5, 5.41) is 0.718. The number of benzene rings is 1. The molecular formula is C30H40O12S. The fourth-order valence-corrected chi connectivity index (χ4v) is 5.09. The van der Waals surface area contributed by atoms with Crippen LogP contribution in [0.15, 0.2) is 33.5 Å².